The average Bonchev–Trinajstić information content (AvgIpc) is 2.13. The van der Waals surface area contributed by atoms with Crippen LogP contribution >= 0.6 is 0 Å². The van der Waals surface area contributed by atoms with Crippen molar-refractivity contribution in [3.63, 3.8) is 0 Å². The van der Waals surface area contributed by atoms with Gasteiger partial charge in [-0.05, 0) is 10.4 Å². The summed E-state index contributed by atoms with van der Waals surface area (Å²) in [6.07, 6.45) is -1.54. The van der Waals surface area contributed by atoms with Gasteiger partial charge in [0.2, 0.25) is 5.95 Å². The predicted molar refractivity (Wildman–Crippen MR) is 23.0 cm³/mol. The van der Waals surface area contributed by atoms with Crippen molar-refractivity contribution in [3.05, 3.63) is 0 Å². The number of anilines is 1. The zero-order valence-corrected chi connectivity index (χ0v) is 8.31. The molecular weight excluding hydrogens is 165 g/mol. The Morgan fingerprint density at radius 1 is 1.70 bits per heavy atom. The number of hydrogen-bond acceptors (Lipinski definition) is 6. The molecule has 0 aliphatic rings. The summed E-state index contributed by atoms with van der Waals surface area (Å²) in [7, 11) is 0. The summed E-state index contributed by atoms with van der Waals surface area (Å²) in [5.74, 6) is -0.296. The van der Waals surface area contributed by atoms with Crippen LogP contribution in [-0.2, 0) is 0 Å². The molecule has 8 heteroatoms. The van der Waals surface area contributed by atoms with E-state index in [1.807, 2.05) is 0 Å². The molecule has 0 amide bonds. The number of carbonyl (C=O) groups excluding carboxylic acids is 1. The molecule has 0 atom stereocenters. The monoisotopic (exact) mass is 167 g/mol. The number of rotatable bonds is 0. The van der Waals surface area contributed by atoms with E-state index in [9.17, 15) is 9.90 Å². The molecule has 1 heterocycles. The first-order valence-electron chi connectivity index (χ1n) is 1.97. The fourth-order valence-electron chi connectivity index (χ4n) is 0.324. The molecule has 0 spiro atoms. The molecule has 0 aliphatic heterocycles. The van der Waals surface area contributed by atoms with E-state index in [-0.39, 0.29) is 57.3 Å². The minimum atomic E-state index is -1.54. The van der Waals surface area contributed by atoms with E-state index in [0.717, 1.165) is 0 Å². The molecule has 7 nitrogen and oxygen atoms in total. The Kier molecular flexibility index (Phi) is 3.97. The van der Waals surface area contributed by atoms with Crippen LogP contribution in [0.5, 0.6) is 0 Å². The van der Waals surface area contributed by atoms with E-state index >= 15 is 0 Å². The molecule has 48 valence electrons. The van der Waals surface area contributed by atoms with Crippen molar-refractivity contribution in [1.82, 2.24) is 20.2 Å². The molecule has 2 N–H and O–H groups in total. The van der Waals surface area contributed by atoms with Gasteiger partial charge in [0.15, 0.2) is 6.09 Å². The molecule has 0 saturated carbocycles. The van der Waals surface area contributed by atoms with Crippen LogP contribution < -0.4 is 62.2 Å². The zero-order chi connectivity index (χ0) is 6.85. The number of aromatic nitrogens is 4. The van der Waals surface area contributed by atoms with Gasteiger partial charge in [0, 0.05) is 0 Å². The molecule has 1 rings (SSSR count). The van der Waals surface area contributed by atoms with Gasteiger partial charge in [0.05, 0.1) is 0 Å². The number of nitrogen functional groups attached to an aromatic ring is 1. The van der Waals surface area contributed by atoms with Crippen molar-refractivity contribution < 1.29 is 61.3 Å². The zero-order valence-electron chi connectivity index (χ0n) is 5.18. The van der Waals surface area contributed by atoms with Gasteiger partial charge in [-0.3, -0.25) is 0 Å². The number of nitrogens with two attached hydrogens (primary N) is 1. The Morgan fingerprint density at radius 3 is 2.50 bits per heavy atom. The van der Waals surface area contributed by atoms with Gasteiger partial charge in [0.25, 0.3) is 0 Å². The summed E-state index contributed by atoms with van der Waals surface area (Å²) in [6.45, 7) is 0. The molecular formula is C2H2KN5O2. The molecule has 10 heavy (non-hydrogen) atoms. The molecule has 1 aromatic heterocycles. The topological polar surface area (TPSA) is 110 Å². The van der Waals surface area contributed by atoms with Crippen LogP contribution in [-0.4, -0.2) is 26.3 Å². The van der Waals surface area contributed by atoms with Gasteiger partial charge in [-0.2, -0.15) is 4.68 Å². The fraction of sp³-hybridized carbons (Fsp3) is 0. The fourth-order valence-corrected chi connectivity index (χ4v) is 0.324. The van der Waals surface area contributed by atoms with Crippen molar-refractivity contribution >= 4 is 12.0 Å². The Hall–Kier alpha value is -0.0236. The maximum atomic E-state index is 9.91. The van der Waals surface area contributed by atoms with E-state index in [2.05, 4.69) is 15.5 Å². The Morgan fingerprint density at radius 2 is 2.30 bits per heavy atom. The van der Waals surface area contributed by atoms with Crippen molar-refractivity contribution in [1.29, 1.82) is 0 Å². The SMILES string of the molecule is Nc1nnnn1C(=O)[O-].[K+]. The first kappa shape index (κ1) is 9.98. The van der Waals surface area contributed by atoms with Gasteiger partial charge in [-0.25, -0.2) is 0 Å². The third-order valence-electron chi connectivity index (χ3n) is 0.667. The Bertz CT molecular complexity index is 233. The van der Waals surface area contributed by atoms with Crippen LogP contribution in [0.4, 0.5) is 10.7 Å². The summed E-state index contributed by atoms with van der Waals surface area (Å²) >= 11 is 0. The quantitative estimate of drug-likeness (QED) is 0.305. The second kappa shape index (κ2) is 3.98. The van der Waals surface area contributed by atoms with Crippen LogP contribution in [0, 0.1) is 0 Å². The Balaban J connectivity index is 0.000000810. The van der Waals surface area contributed by atoms with Crippen molar-refractivity contribution in [3.8, 4) is 0 Å². The van der Waals surface area contributed by atoms with Crippen molar-refractivity contribution in [2.45, 2.75) is 0 Å². The van der Waals surface area contributed by atoms with Crippen LogP contribution in [0.25, 0.3) is 0 Å². The van der Waals surface area contributed by atoms with Gasteiger partial charge in [-0.15, -0.1) is 0 Å². The summed E-state index contributed by atoms with van der Waals surface area (Å²) < 4.78 is 0.361. The summed E-state index contributed by atoms with van der Waals surface area (Å²) in [5, 5.41) is 19.0. The number of hydrogen-bond donors (Lipinski definition) is 1. The van der Waals surface area contributed by atoms with Crippen LogP contribution in [0.1, 0.15) is 0 Å². The van der Waals surface area contributed by atoms with E-state index in [4.69, 9.17) is 5.73 Å². The second-order valence-electron chi connectivity index (χ2n) is 1.21. The van der Waals surface area contributed by atoms with Crippen LogP contribution in [0.3, 0.4) is 0 Å². The van der Waals surface area contributed by atoms with Crippen molar-refractivity contribution in [2.24, 2.45) is 0 Å². The minimum Gasteiger partial charge on any atom is -0.528 e. The first-order chi connectivity index (χ1) is 4.22. The van der Waals surface area contributed by atoms with E-state index < -0.39 is 6.09 Å². The standard InChI is InChI=1S/C2H3N5O2.K/c3-1-4-5-6-7(1)2(8)9;/h(H,8,9)(H2,3,4,6);/q;+1/p-1. The van der Waals surface area contributed by atoms with E-state index in [1.165, 1.54) is 0 Å². The summed E-state index contributed by atoms with van der Waals surface area (Å²) in [5.41, 5.74) is 4.95. The molecule has 1 aromatic rings. The summed E-state index contributed by atoms with van der Waals surface area (Å²) in [6, 6.07) is 0. The summed E-state index contributed by atoms with van der Waals surface area (Å²) in [4.78, 5) is 9.91. The molecule has 0 aromatic carbocycles. The maximum Gasteiger partial charge on any atom is 1.00 e. The van der Waals surface area contributed by atoms with Crippen molar-refractivity contribution in [2.75, 3.05) is 5.73 Å². The molecule has 0 bridgehead atoms. The maximum absolute atomic E-state index is 9.91. The van der Waals surface area contributed by atoms with E-state index in [1.54, 1.807) is 0 Å². The number of nitrogens with zero attached hydrogens (tertiary/aromatic N) is 4. The van der Waals surface area contributed by atoms with Gasteiger partial charge >= 0.3 is 51.4 Å². The molecule has 0 unspecified atom stereocenters. The molecule has 0 fully saturated rings. The van der Waals surface area contributed by atoms with Crippen LogP contribution in [0.15, 0.2) is 0 Å². The Labute approximate surface area is 98.0 Å². The third kappa shape index (κ3) is 1.99. The average molecular weight is 167 g/mol. The van der Waals surface area contributed by atoms with Gasteiger partial charge < -0.3 is 15.6 Å². The second-order valence-corrected chi connectivity index (χ2v) is 1.21. The normalized spacial score (nSPS) is 8.40. The van der Waals surface area contributed by atoms with Gasteiger partial charge in [-0.1, -0.05) is 5.10 Å². The molecule has 0 aliphatic carbocycles. The van der Waals surface area contributed by atoms with Crippen LogP contribution in [0.2, 0.25) is 0 Å². The third-order valence-corrected chi connectivity index (χ3v) is 0.667. The molecule has 0 saturated heterocycles. The minimum absolute atomic E-state index is 0. The number of carboxylic acid groups (broad SMARTS) is 1. The predicted octanol–water partition coefficient (Wildman–Crippen LogP) is -5.55. The van der Waals surface area contributed by atoms with Gasteiger partial charge in [0.1, 0.15) is 0 Å². The number of carbonyl (C=O) groups is 1. The number of tetrazole rings is 1. The smallest absolute Gasteiger partial charge is 0.528 e. The molecule has 0 radical (unpaired) electrons. The largest absolute Gasteiger partial charge is 1.00 e. The first-order valence-corrected chi connectivity index (χ1v) is 1.97. The van der Waals surface area contributed by atoms with E-state index in [0.29, 0.717) is 4.68 Å².